The number of carbonyl (C=O) groups is 2. The van der Waals surface area contributed by atoms with Gasteiger partial charge >= 0.3 is 18.1 Å². The predicted molar refractivity (Wildman–Crippen MR) is 159 cm³/mol. The zero-order valence-corrected chi connectivity index (χ0v) is 25.5. The topological polar surface area (TPSA) is 142 Å². The zero-order valence-electron chi connectivity index (χ0n) is 24.7. The molecule has 45 heavy (non-hydrogen) atoms. The van der Waals surface area contributed by atoms with Crippen molar-refractivity contribution in [2.45, 2.75) is 56.5 Å². The fourth-order valence-electron chi connectivity index (χ4n) is 4.34. The van der Waals surface area contributed by atoms with Crippen LogP contribution < -0.4 is 10.0 Å². The van der Waals surface area contributed by atoms with Crippen LogP contribution in [0.1, 0.15) is 49.3 Å². The van der Waals surface area contributed by atoms with Crippen molar-refractivity contribution >= 4 is 38.8 Å². The summed E-state index contributed by atoms with van der Waals surface area (Å²) in [5.74, 6) is -2.93. The van der Waals surface area contributed by atoms with Gasteiger partial charge in [-0.05, 0) is 69.2 Å². The number of alkyl halides is 3. The number of aromatic nitrogens is 3. The van der Waals surface area contributed by atoms with E-state index < -0.39 is 39.8 Å². The minimum atomic E-state index is -5.23. The summed E-state index contributed by atoms with van der Waals surface area (Å²) in [7, 11) is -3.98. The molecule has 0 bridgehead atoms. The van der Waals surface area contributed by atoms with Crippen molar-refractivity contribution in [3.63, 3.8) is 0 Å². The van der Waals surface area contributed by atoms with Crippen LogP contribution in [0.5, 0.6) is 0 Å². The summed E-state index contributed by atoms with van der Waals surface area (Å²) in [6.45, 7) is 5.79. The Kier molecular flexibility index (Phi) is 10.1. The molecule has 1 unspecified atom stereocenters. The highest BCUT2D eigenvalue weighted by Crippen LogP contribution is 2.27. The van der Waals surface area contributed by atoms with E-state index in [1.54, 1.807) is 37.5 Å². The number of esters is 2. The minimum absolute atomic E-state index is 0.000223. The summed E-state index contributed by atoms with van der Waals surface area (Å²) in [5, 5.41) is 3.16. The van der Waals surface area contributed by atoms with Gasteiger partial charge in [0.2, 0.25) is 0 Å². The fraction of sp³-hybridized carbons (Fsp3) is 0.333. The van der Waals surface area contributed by atoms with Gasteiger partial charge in [0, 0.05) is 24.3 Å². The van der Waals surface area contributed by atoms with Crippen LogP contribution in [0.15, 0.2) is 78.0 Å². The highest BCUT2D eigenvalue weighted by molar-refractivity contribution is 7.92. The third kappa shape index (κ3) is 8.79. The van der Waals surface area contributed by atoms with E-state index in [0.29, 0.717) is 24.1 Å². The van der Waals surface area contributed by atoms with Crippen molar-refractivity contribution in [2.75, 3.05) is 17.9 Å². The molecule has 0 amide bonds. The van der Waals surface area contributed by atoms with Crippen LogP contribution in [0.25, 0.3) is 11.2 Å². The number of fused-ring (bicyclic) bond motifs is 1. The molecule has 0 spiro atoms. The minimum Gasteiger partial charge on any atom is -0.461 e. The van der Waals surface area contributed by atoms with E-state index in [2.05, 4.69) is 20.0 Å². The quantitative estimate of drug-likeness (QED) is 0.192. The van der Waals surface area contributed by atoms with Crippen LogP contribution in [0.3, 0.4) is 0 Å². The van der Waals surface area contributed by atoms with Gasteiger partial charge in [0.15, 0.2) is 11.3 Å². The third-order valence-corrected chi connectivity index (χ3v) is 8.15. The van der Waals surface area contributed by atoms with E-state index in [4.69, 9.17) is 9.47 Å². The predicted octanol–water partition coefficient (Wildman–Crippen LogP) is 5.01. The molecule has 0 radical (unpaired) electrons. The standard InChI is InChI=1S/C30H32F3N5O6S/c1-4-43-27(39)23-13-14-24-26(36-23)34-19-38(24)16-15-29(2,3)35-18-25(44-28(40)30(31,32)33)20-9-8-10-21(17-20)37-45(41,42)22-11-6-5-7-12-22/h5-14,17,19,25,35,37H,4,15-16,18H2,1-3H3. The van der Waals surface area contributed by atoms with Gasteiger partial charge in [-0.25, -0.2) is 28.0 Å². The second-order valence-corrected chi connectivity index (χ2v) is 12.3. The van der Waals surface area contributed by atoms with Gasteiger partial charge < -0.3 is 19.4 Å². The molecule has 15 heteroatoms. The number of anilines is 1. The lowest BCUT2D eigenvalue weighted by Crippen LogP contribution is -2.43. The second kappa shape index (κ2) is 13.6. The van der Waals surface area contributed by atoms with Crippen molar-refractivity contribution in [3.8, 4) is 0 Å². The Labute approximate surface area is 257 Å². The lowest BCUT2D eigenvalue weighted by molar-refractivity contribution is -0.205. The first-order valence-corrected chi connectivity index (χ1v) is 15.4. The lowest BCUT2D eigenvalue weighted by atomic mass is 9.99. The van der Waals surface area contributed by atoms with E-state index in [-0.39, 0.29) is 35.0 Å². The van der Waals surface area contributed by atoms with Crippen molar-refractivity contribution in [2.24, 2.45) is 0 Å². The highest BCUT2D eigenvalue weighted by atomic mass is 32.2. The summed E-state index contributed by atoms with van der Waals surface area (Å²) in [5.41, 5.74) is 0.708. The second-order valence-electron chi connectivity index (χ2n) is 10.6. The number of imidazole rings is 1. The molecular weight excluding hydrogens is 615 g/mol. The van der Waals surface area contributed by atoms with Gasteiger partial charge in [0.05, 0.1) is 23.3 Å². The van der Waals surface area contributed by atoms with Gasteiger partial charge in [-0.3, -0.25) is 4.72 Å². The van der Waals surface area contributed by atoms with E-state index in [1.807, 2.05) is 18.4 Å². The average molecular weight is 648 g/mol. The summed E-state index contributed by atoms with van der Waals surface area (Å²) < 4.78 is 79.2. The monoisotopic (exact) mass is 647 g/mol. The number of rotatable bonds is 13. The first-order chi connectivity index (χ1) is 21.2. The van der Waals surface area contributed by atoms with E-state index in [0.717, 1.165) is 0 Å². The molecule has 4 aromatic rings. The molecule has 2 aromatic carbocycles. The number of hydrogen-bond acceptors (Lipinski definition) is 9. The summed E-state index contributed by atoms with van der Waals surface area (Å²) >= 11 is 0. The van der Waals surface area contributed by atoms with Crippen molar-refractivity contribution in [1.29, 1.82) is 0 Å². The fourth-order valence-corrected chi connectivity index (χ4v) is 5.41. The van der Waals surface area contributed by atoms with Gasteiger partial charge in [-0.15, -0.1) is 0 Å². The molecule has 0 fully saturated rings. The molecule has 0 saturated heterocycles. The van der Waals surface area contributed by atoms with Crippen LogP contribution in [-0.4, -0.2) is 59.8 Å². The average Bonchev–Trinajstić information content (AvgIpc) is 3.40. The van der Waals surface area contributed by atoms with Crippen molar-refractivity contribution < 1.29 is 40.7 Å². The Balaban J connectivity index is 1.48. The number of hydrogen-bond donors (Lipinski definition) is 2. The van der Waals surface area contributed by atoms with Crippen molar-refractivity contribution in [3.05, 3.63) is 84.3 Å². The van der Waals surface area contributed by atoms with Crippen LogP contribution in [0, 0.1) is 0 Å². The number of carbonyl (C=O) groups excluding carboxylic acids is 2. The molecule has 2 aromatic heterocycles. The van der Waals surface area contributed by atoms with E-state index >= 15 is 0 Å². The largest absolute Gasteiger partial charge is 0.490 e. The van der Waals surface area contributed by atoms with Gasteiger partial charge in [-0.1, -0.05) is 30.3 Å². The Bertz CT molecular complexity index is 1760. The van der Waals surface area contributed by atoms with Crippen LogP contribution >= 0.6 is 0 Å². The first-order valence-electron chi connectivity index (χ1n) is 13.9. The third-order valence-electron chi connectivity index (χ3n) is 6.76. The molecule has 11 nitrogen and oxygen atoms in total. The summed E-state index contributed by atoms with van der Waals surface area (Å²) in [6, 6.07) is 16.4. The maximum Gasteiger partial charge on any atom is 0.490 e. The summed E-state index contributed by atoms with van der Waals surface area (Å²) in [4.78, 5) is 32.3. The van der Waals surface area contributed by atoms with Crippen LogP contribution in [-0.2, 0) is 30.8 Å². The maximum absolute atomic E-state index is 13.2. The van der Waals surface area contributed by atoms with Gasteiger partial charge in [-0.2, -0.15) is 13.2 Å². The van der Waals surface area contributed by atoms with Gasteiger partial charge in [0.25, 0.3) is 10.0 Å². The molecule has 1 atom stereocenters. The summed E-state index contributed by atoms with van der Waals surface area (Å²) in [6.07, 6.45) is -4.60. The SMILES string of the molecule is CCOC(=O)c1ccc2c(ncn2CCC(C)(C)NCC(OC(=O)C(F)(F)F)c2cccc(NS(=O)(=O)c3ccccc3)c2)n1. The number of sulfonamides is 1. The molecule has 4 rings (SSSR count). The Morgan fingerprint density at radius 1 is 1.02 bits per heavy atom. The van der Waals surface area contributed by atoms with E-state index in [1.165, 1.54) is 42.5 Å². The van der Waals surface area contributed by atoms with E-state index in [9.17, 15) is 31.2 Å². The zero-order chi connectivity index (χ0) is 32.8. The molecule has 0 aliphatic heterocycles. The maximum atomic E-state index is 13.2. The Morgan fingerprint density at radius 2 is 1.76 bits per heavy atom. The molecule has 2 heterocycles. The number of benzene rings is 2. The number of pyridine rings is 1. The molecule has 0 aliphatic carbocycles. The molecule has 240 valence electrons. The molecule has 0 saturated carbocycles. The Hall–Kier alpha value is -4.50. The van der Waals surface area contributed by atoms with Crippen LogP contribution in [0.4, 0.5) is 18.9 Å². The smallest absolute Gasteiger partial charge is 0.461 e. The molecule has 0 aliphatic rings. The molecular formula is C30H32F3N5O6S. The molecule has 2 N–H and O–H groups in total. The number of nitrogens with zero attached hydrogens (tertiary/aromatic N) is 3. The number of ether oxygens (including phenoxy) is 2. The number of aryl methyl sites for hydroxylation is 1. The highest BCUT2D eigenvalue weighted by Gasteiger charge is 2.42. The normalized spacial score (nSPS) is 12.9. The number of halogens is 3. The lowest BCUT2D eigenvalue weighted by Gasteiger charge is -2.30. The van der Waals surface area contributed by atoms with Crippen LogP contribution in [0.2, 0.25) is 0 Å². The Morgan fingerprint density at radius 3 is 2.44 bits per heavy atom. The number of nitrogens with one attached hydrogen (secondary N) is 2. The first kappa shape index (κ1) is 33.4. The van der Waals surface area contributed by atoms with Gasteiger partial charge in [0.1, 0.15) is 6.10 Å². The van der Waals surface area contributed by atoms with Crippen molar-refractivity contribution in [1.82, 2.24) is 19.9 Å².